The molecule has 0 radical (unpaired) electrons. The normalized spacial score (nSPS) is 16.0. The number of nitrogens with zero attached hydrogens (tertiary/aromatic N) is 1. The highest BCUT2D eigenvalue weighted by molar-refractivity contribution is 5.29. The van der Waals surface area contributed by atoms with Crippen molar-refractivity contribution in [1.82, 2.24) is 10.3 Å². The lowest BCUT2D eigenvalue weighted by Gasteiger charge is -2.15. The first-order chi connectivity index (χ1) is 9.65. The van der Waals surface area contributed by atoms with Crippen molar-refractivity contribution >= 4 is 0 Å². The summed E-state index contributed by atoms with van der Waals surface area (Å²) >= 11 is 0. The van der Waals surface area contributed by atoms with Gasteiger partial charge in [0.05, 0.1) is 12.3 Å². The summed E-state index contributed by atoms with van der Waals surface area (Å²) in [6.07, 6.45) is 5.37. The summed E-state index contributed by atoms with van der Waals surface area (Å²) < 4.78 is 6.03. The molecule has 1 aromatic heterocycles. The van der Waals surface area contributed by atoms with E-state index in [-0.39, 0.29) is 0 Å². The number of ether oxygens (including phenoxy) is 1. The first-order valence-corrected chi connectivity index (χ1v) is 7.95. The number of hydrogen-bond donors (Lipinski definition) is 1. The summed E-state index contributed by atoms with van der Waals surface area (Å²) in [4.78, 5) is 4.63. The monoisotopic (exact) mass is 276 g/mol. The highest BCUT2D eigenvalue weighted by Gasteiger charge is 2.16. The van der Waals surface area contributed by atoms with Gasteiger partial charge < -0.3 is 10.1 Å². The lowest BCUT2D eigenvalue weighted by molar-refractivity contribution is 0.248. The van der Waals surface area contributed by atoms with Crippen LogP contribution >= 0.6 is 0 Å². The van der Waals surface area contributed by atoms with E-state index in [0.717, 1.165) is 42.8 Å². The van der Waals surface area contributed by atoms with Crippen molar-refractivity contribution in [1.29, 1.82) is 0 Å². The molecule has 0 bridgehead atoms. The first-order valence-electron chi connectivity index (χ1n) is 7.95. The fourth-order valence-corrected chi connectivity index (χ4v) is 2.72. The Morgan fingerprint density at radius 3 is 2.75 bits per heavy atom. The Balaban J connectivity index is 1.91. The van der Waals surface area contributed by atoms with E-state index in [1.165, 1.54) is 25.7 Å². The van der Waals surface area contributed by atoms with Gasteiger partial charge in [0.15, 0.2) is 0 Å². The van der Waals surface area contributed by atoms with Gasteiger partial charge >= 0.3 is 0 Å². The highest BCUT2D eigenvalue weighted by atomic mass is 16.5. The van der Waals surface area contributed by atoms with E-state index in [9.17, 15) is 0 Å². The van der Waals surface area contributed by atoms with E-state index < -0.39 is 0 Å². The number of aromatic nitrogens is 1. The molecule has 112 valence electrons. The molecule has 20 heavy (non-hydrogen) atoms. The van der Waals surface area contributed by atoms with E-state index >= 15 is 0 Å². The van der Waals surface area contributed by atoms with Crippen LogP contribution in [0, 0.1) is 18.8 Å². The second-order valence-electron chi connectivity index (χ2n) is 6.38. The summed E-state index contributed by atoms with van der Waals surface area (Å²) in [7, 11) is 0. The Morgan fingerprint density at radius 1 is 1.30 bits per heavy atom. The van der Waals surface area contributed by atoms with Gasteiger partial charge in [-0.3, -0.25) is 4.98 Å². The van der Waals surface area contributed by atoms with E-state index in [1.807, 2.05) is 13.0 Å². The average molecular weight is 276 g/mol. The molecule has 1 N–H and O–H groups in total. The first kappa shape index (κ1) is 15.3. The van der Waals surface area contributed by atoms with Crippen molar-refractivity contribution in [3.8, 4) is 5.75 Å². The van der Waals surface area contributed by atoms with Crippen LogP contribution in [0.5, 0.6) is 5.75 Å². The van der Waals surface area contributed by atoms with Crippen LogP contribution in [0.4, 0.5) is 0 Å². The molecule has 1 heterocycles. The summed E-state index contributed by atoms with van der Waals surface area (Å²) in [6, 6.07) is 4.11. The van der Waals surface area contributed by atoms with Crippen molar-refractivity contribution in [2.45, 2.75) is 53.0 Å². The molecule has 1 saturated carbocycles. The van der Waals surface area contributed by atoms with E-state index in [0.29, 0.717) is 5.92 Å². The van der Waals surface area contributed by atoms with Crippen LogP contribution in [0.2, 0.25) is 0 Å². The Bertz CT molecular complexity index is 411. The summed E-state index contributed by atoms with van der Waals surface area (Å²) in [5.74, 6) is 2.36. The standard InChI is InChI=1S/C17H28N2O/c1-13(2)10-18-11-16-17(9-8-14(3)19-16)20-12-15-6-4-5-7-15/h8-9,13,15,18H,4-7,10-12H2,1-3H3. The molecule has 0 amide bonds. The Labute approximate surface area is 123 Å². The van der Waals surface area contributed by atoms with Crippen LogP contribution in [0.25, 0.3) is 0 Å². The zero-order valence-corrected chi connectivity index (χ0v) is 13.1. The van der Waals surface area contributed by atoms with Gasteiger partial charge in [-0.15, -0.1) is 0 Å². The number of pyridine rings is 1. The van der Waals surface area contributed by atoms with Crippen molar-refractivity contribution in [3.63, 3.8) is 0 Å². The maximum absolute atomic E-state index is 6.03. The molecule has 3 nitrogen and oxygen atoms in total. The molecule has 0 aromatic carbocycles. The third-order valence-corrected chi connectivity index (χ3v) is 3.87. The molecule has 1 fully saturated rings. The topological polar surface area (TPSA) is 34.1 Å². The van der Waals surface area contributed by atoms with Gasteiger partial charge in [0.1, 0.15) is 5.75 Å². The van der Waals surface area contributed by atoms with Crippen LogP contribution < -0.4 is 10.1 Å². The van der Waals surface area contributed by atoms with Gasteiger partial charge in [-0.1, -0.05) is 26.7 Å². The molecule has 1 aliphatic carbocycles. The van der Waals surface area contributed by atoms with Gasteiger partial charge in [0.25, 0.3) is 0 Å². The summed E-state index contributed by atoms with van der Waals surface area (Å²) in [6.45, 7) is 9.12. The minimum Gasteiger partial charge on any atom is -0.491 e. The van der Waals surface area contributed by atoms with Crippen molar-refractivity contribution in [2.24, 2.45) is 11.8 Å². The largest absolute Gasteiger partial charge is 0.491 e. The number of rotatable bonds is 7. The molecule has 0 aliphatic heterocycles. The third-order valence-electron chi connectivity index (χ3n) is 3.87. The molecule has 2 rings (SSSR count). The molecule has 1 aliphatic rings. The lowest BCUT2D eigenvalue weighted by atomic mass is 10.1. The van der Waals surface area contributed by atoms with Gasteiger partial charge in [0.2, 0.25) is 0 Å². The van der Waals surface area contributed by atoms with Gasteiger partial charge in [-0.25, -0.2) is 0 Å². The highest BCUT2D eigenvalue weighted by Crippen LogP contribution is 2.26. The quantitative estimate of drug-likeness (QED) is 0.824. The van der Waals surface area contributed by atoms with E-state index in [1.54, 1.807) is 0 Å². The second-order valence-corrected chi connectivity index (χ2v) is 6.38. The molecule has 1 aromatic rings. The second kappa shape index (κ2) is 7.63. The lowest BCUT2D eigenvalue weighted by Crippen LogP contribution is -2.20. The fraction of sp³-hybridized carbons (Fsp3) is 0.706. The van der Waals surface area contributed by atoms with Crippen LogP contribution in [0.1, 0.15) is 50.9 Å². The summed E-state index contributed by atoms with van der Waals surface area (Å²) in [5, 5.41) is 3.45. The zero-order valence-electron chi connectivity index (χ0n) is 13.1. The Kier molecular flexibility index (Phi) is 5.84. The molecular weight excluding hydrogens is 248 g/mol. The SMILES string of the molecule is Cc1ccc(OCC2CCCC2)c(CNCC(C)C)n1. The average Bonchev–Trinajstić information content (AvgIpc) is 2.90. The van der Waals surface area contributed by atoms with Crippen molar-refractivity contribution in [3.05, 3.63) is 23.5 Å². The smallest absolute Gasteiger partial charge is 0.142 e. The Hall–Kier alpha value is -1.09. The fourth-order valence-electron chi connectivity index (χ4n) is 2.72. The van der Waals surface area contributed by atoms with Crippen molar-refractivity contribution < 1.29 is 4.74 Å². The van der Waals surface area contributed by atoms with Crippen LogP contribution in [0.15, 0.2) is 12.1 Å². The van der Waals surface area contributed by atoms with Crippen LogP contribution in [0.3, 0.4) is 0 Å². The van der Waals surface area contributed by atoms with Crippen molar-refractivity contribution in [2.75, 3.05) is 13.2 Å². The molecular formula is C17H28N2O. The number of aryl methyl sites for hydroxylation is 1. The maximum atomic E-state index is 6.03. The predicted octanol–water partition coefficient (Wildman–Crippen LogP) is 3.70. The van der Waals surface area contributed by atoms with Crippen LogP contribution in [-0.4, -0.2) is 18.1 Å². The Morgan fingerprint density at radius 2 is 2.05 bits per heavy atom. The maximum Gasteiger partial charge on any atom is 0.142 e. The molecule has 0 spiro atoms. The van der Waals surface area contributed by atoms with Gasteiger partial charge in [0, 0.05) is 12.2 Å². The molecule has 3 heteroatoms. The number of hydrogen-bond acceptors (Lipinski definition) is 3. The van der Waals surface area contributed by atoms with E-state index in [2.05, 4.69) is 30.2 Å². The zero-order chi connectivity index (χ0) is 14.4. The minimum atomic E-state index is 0.655. The van der Waals surface area contributed by atoms with E-state index in [4.69, 9.17) is 4.74 Å². The number of nitrogens with one attached hydrogen (secondary N) is 1. The molecule has 0 saturated heterocycles. The van der Waals surface area contributed by atoms with Gasteiger partial charge in [-0.05, 0) is 50.3 Å². The minimum absolute atomic E-state index is 0.655. The predicted molar refractivity (Wildman–Crippen MR) is 83.0 cm³/mol. The molecule has 0 atom stereocenters. The van der Waals surface area contributed by atoms with Gasteiger partial charge in [-0.2, -0.15) is 0 Å². The van der Waals surface area contributed by atoms with Crippen LogP contribution in [-0.2, 0) is 6.54 Å². The third kappa shape index (κ3) is 4.78. The summed E-state index contributed by atoms with van der Waals surface area (Å²) in [5.41, 5.74) is 2.10. The molecule has 0 unspecified atom stereocenters.